The van der Waals surface area contributed by atoms with E-state index in [1.54, 1.807) is 0 Å². The number of morpholine rings is 1. The van der Waals surface area contributed by atoms with E-state index in [-0.39, 0.29) is 5.91 Å². The van der Waals surface area contributed by atoms with Crippen LogP contribution in [0.4, 0.5) is 11.9 Å². The molecule has 8 heteroatoms. The summed E-state index contributed by atoms with van der Waals surface area (Å²) in [6.45, 7) is 4.34. The summed E-state index contributed by atoms with van der Waals surface area (Å²) >= 11 is 0. The van der Waals surface area contributed by atoms with E-state index in [0.29, 0.717) is 32.7 Å². The van der Waals surface area contributed by atoms with Gasteiger partial charge in [0.1, 0.15) is 0 Å². The van der Waals surface area contributed by atoms with Crippen LogP contribution in [0.2, 0.25) is 0 Å². The van der Waals surface area contributed by atoms with Crippen LogP contribution in [0.25, 0.3) is 0 Å². The maximum atomic E-state index is 11.4. The van der Waals surface area contributed by atoms with Crippen molar-refractivity contribution in [2.24, 2.45) is 0 Å². The summed E-state index contributed by atoms with van der Waals surface area (Å²) in [7, 11) is 0. The Bertz CT molecular complexity index is 587. The van der Waals surface area contributed by atoms with Gasteiger partial charge in [-0.15, -0.1) is 5.10 Å². The first-order chi connectivity index (χ1) is 9.79. The largest absolute Gasteiger partial charge is 0.378 e. The first-order valence-corrected chi connectivity index (χ1v) is 6.82. The van der Waals surface area contributed by atoms with Gasteiger partial charge in [-0.25, -0.2) is 4.68 Å². The number of rotatable bonds is 1. The molecular formula is C12H16N6O2. The minimum atomic E-state index is 0.0534. The van der Waals surface area contributed by atoms with Crippen molar-refractivity contribution in [3.63, 3.8) is 0 Å². The Hall–Kier alpha value is -2.09. The molecule has 4 heterocycles. The second kappa shape index (κ2) is 4.48. The highest BCUT2D eigenvalue weighted by molar-refractivity contribution is 5.81. The highest BCUT2D eigenvalue weighted by Crippen LogP contribution is 2.25. The van der Waals surface area contributed by atoms with Gasteiger partial charge in [-0.3, -0.25) is 4.79 Å². The van der Waals surface area contributed by atoms with Crippen molar-refractivity contribution in [3.05, 3.63) is 11.3 Å². The zero-order valence-corrected chi connectivity index (χ0v) is 11.1. The van der Waals surface area contributed by atoms with Crippen LogP contribution in [0.15, 0.2) is 11.3 Å². The number of carbonyl (C=O) groups is 1. The molecule has 1 amide bonds. The van der Waals surface area contributed by atoms with Crippen molar-refractivity contribution in [3.8, 4) is 0 Å². The molecule has 3 aliphatic rings. The Morgan fingerprint density at radius 3 is 2.95 bits per heavy atom. The molecular weight excluding hydrogens is 260 g/mol. The van der Waals surface area contributed by atoms with Gasteiger partial charge in [-0.1, -0.05) is 0 Å². The lowest BCUT2D eigenvalue weighted by molar-refractivity contribution is -0.120. The van der Waals surface area contributed by atoms with E-state index in [9.17, 15) is 4.79 Å². The summed E-state index contributed by atoms with van der Waals surface area (Å²) in [5.74, 6) is 1.51. The topological polar surface area (TPSA) is 84.3 Å². The van der Waals surface area contributed by atoms with Gasteiger partial charge in [-0.2, -0.15) is 4.98 Å². The number of ether oxygens (including phenoxy) is 1. The molecule has 1 fully saturated rings. The number of nitrogens with zero attached hydrogens (tertiary/aromatic N) is 4. The zero-order chi connectivity index (χ0) is 13.5. The second-order valence-corrected chi connectivity index (χ2v) is 5.15. The lowest BCUT2D eigenvalue weighted by Crippen LogP contribution is -2.37. The maximum absolute atomic E-state index is 11.4. The number of amides is 1. The van der Waals surface area contributed by atoms with Crippen molar-refractivity contribution < 1.29 is 9.53 Å². The van der Waals surface area contributed by atoms with Gasteiger partial charge in [0.15, 0.2) is 0 Å². The van der Waals surface area contributed by atoms with Gasteiger partial charge in [0.2, 0.25) is 17.8 Å². The number of aromatic nitrogens is 3. The van der Waals surface area contributed by atoms with E-state index in [1.165, 1.54) is 5.57 Å². The van der Waals surface area contributed by atoms with E-state index in [1.807, 2.05) is 4.68 Å². The molecule has 3 aliphatic heterocycles. The quantitative estimate of drug-likeness (QED) is 0.706. The number of nitrogens with one attached hydrogen (secondary N) is 2. The Morgan fingerprint density at radius 2 is 2.10 bits per heavy atom. The number of anilines is 2. The molecule has 1 saturated heterocycles. The highest BCUT2D eigenvalue weighted by Gasteiger charge is 2.27. The van der Waals surface area contributed by atoms with Crippen molar-refractivity contribution in [1.82, 2.24) is 20.1 Å². The second-order valence-electron chi connectivity index (χ2n) is 5.15. The number of fused-ring (bicyclic) bond motifs is 1. The Morgan fingerprint density at radius 1 is 1.25 bits per heavy atom. The molecule has 106 valence electrons. The molecule has 2 N–H and O–H groups in total. The first-order valence-electron chi connectivity index (χ1n) is 6.82. The third-order valence-electron chi connectivity index (χ3n) is 3.82. The predicted octanol–water partition coefficient (Wildman–Crippen LogP) is -0.686. The summed E-state index contributed by atoms with van der Waals surface area (Å²) in [4.78, 5) is 18.1. The van der Waals surface area contributed by atoms with Crippen LogP contribution in [0.5, 0.6) is 0 Å². The fourth-order valence-electron chi connectivity index (χ4n) is 2.69. The van der Waals surface area contributed by atoms with E-state index >= 15 is 0 Å². The zero-order valence-electron chi connectivity index (χ0n) is 11.1. The van der Waals surface area contributed by atoms with Gasteiger partial charge < -0.3 is 20.3 Å². The lowest BCUT2D eigenvalue weighted by atomic mass is 10.1. The molecule has 0 unspecified atom stereocenters. The Balaban J connectivity index is 1.58. The molecule has 8 nitrogen and oxygen atoms in total. The fourth-order valence-corrected chi connectivity index (χ4v) is 2.69. The molecule has 1 aromatic rings. The van der Waals surface area contributed by atoms with Gasteiger partial charge in [0.05, 0.1) is 26.2 Å². The third-order valence-corrected chi connectivity index (χ3v) is 3.82. The monoisotopic (exact) mass is 276 g/mol. The van der Waals surface area contributed by atoms with Crippen molar-refractivity contribution in [2.75, 3.05) is 43.1 Å². The molecule has 4 rings (SSSR count). The van der Waals surface area contributed by atoms with Crippen molar-refractivity contribution in [2.45, 2.75) is 13.0 Å². The molecule has 0 atom stereocenters. The van der Waals surface area contributed by atoms with E-state index < -0.39 is 0 Å². The van der Waals surface area contributed by atoms with Crippen LogP contribution in [0.1, 0.15) is 6.42 Å². The summed E-state index contributed by atoms with van der Waals surface area (Å²) in [5.41, 5.74) is 2.15. The fraction of sp³-hybridized carbons (Fsp3) is 0.583. The molecule has 20 heavy (non-hydrogen) atoms. The SMILES string of the molecule is O=C1CC2=C(CN1)Cn1nc(N3CCOCC3)nc1N2. The highest BCUT2D eigenvalue weighted by atomic mass is 16.5. The maximum Gasteiger partial charge on any atom is 0.246 e. The van der Waals surface area contributed by atoms with E-state index in [2.05, 4.69) is 25.6 Å². The molecule has 0 saturated carbocycles. The van der Waals surface area contributed by atoms with Gasteiger partial charge in [-0.05, 0) is 5.57 Å². The van der Waals surface area contributed by atoms with Crippen LogP contribution in [-0.4, -0.2) is 53.5 Å². The minimum Gasteiger partial charge on any atom is -0.378 e. The van der Waals surface area contributed by atoms with Gasteiger partial charge >= 0.3 is 0 Å². The molecule has 0 aliphatic carbocycles. The molecule has 0 spiro atoms. The smallest absolute Gasteiger partial charge is 0.246 e. The van der Waals surface area contributed by atoms with E-state index in [0.717, 1.165) is 30.7 Å². The number of hydrogen-bond donors (Lipinski definition) is 2. The summed E-state index contributed by atoms with van der Waals surface area (Å²) in [6, 6.07) is 0. The average Bonchev–Trinajstić information content (AvgIpc) is 2.88. The molecule has 0 radical (unpaired) electrons. The number of hydrogen-bond acceptors (Lipinski definition) is 6. The number of carbonyl (C=O) groups excluding carboxylic acids is 1. The van der Waals surface area contributed by atoms with E-state index in [4.69, 9.17) is 4.74 Å². The van der Waals surface area contributed by atoms with Crippen molar-refractivity contribution in [1.29, 1.82) is 0 Å². The average molecular weight is 276 g/mol. The first kappa shape index (κ1) is 11.7. The third kappa shape index (κ3) is 1.92. The van der Waals surface area contributed by atoms with Crippen LogP contribution in [0.3, 0.4) is 0 Å². The minimum absolute atomic E-state index is 0.0534. The van der Waals surface area contributed by atoms with Crippen LogP contribution >= 0.6 is 0 Å². The van der Waals surface area contributed by atoms with Crippen LogP contribution in [0, 0.1) is 0 Å². The summed E-state index contributed by atoms with van der Waals surface area (Å²) < 4.78 is 7.20. The van der Waals surface area contributed by atoms with Crippen LogP contribution in [-0.2, 0) is 16.1 Å². The lowest BCUT2D eigenvalue weighted by Gasteiger charge is -2.25. The standard InChI is InChI=1S/C12H16N6O2/c19-10-5-9-8(6-13-10)7-18-11(14-9)15-12(16-18)17-1-3-20-4-2-17/h1-7H2,(H,13,19)(H,14,15,16). The Labute approximate surface area is 115 Å². The normalized spacial score (nSPS) is 22.0. The van der Waals surface area contributed by atoms with Crippen LogP contribution < -0.4 is 15.5 Å². The predicted molar refractivity (Wildman–Crippen MR) is 71.3 cm³/mol. The summed E-state index contributed by atoms with van der Waals surface area (Å²) in [6.07, 6.45) is 0.398. The molecule has 0 bridgehead atoms. The molecule has 1 aromatic heterocycles. The Kier molecular flexibility index (Phi) is 2.62. The van der Waals surface area contributed by atoms with Crippen molar-refractivity contribution >= 4 is 17.8 Å². The van der Waals surface area contributed by atoms with Gasteiger partial charge in [0, 0.05) is 25.3 Å². The van der Waals surface area contributed by atoms with Gasteiger partial charge in [0.25, 0.3) is 0 Å². The molecule has 0 aromatic carbocycles. The summed E-state index contributed by atoms with van der Waals surface area (Å²) in [5, 5.41) is 10.6.